The highest BCUT2D eigenvalue weighted by Crippen LogP contribution is 2.27. The van der Waals surface area contributed by atoms with E-state index in [0.717, 1.165) is 28.3 Å². The Bertz CT molecular complexity index is 556. The smallest absolute Gasteiger partial charge is 0.169 e. The number of halogens is 1. The van der Waals surface area contributed by atoms with Crippen molar-refractivity contribution < 1.29 is 9.15 Å². The van der Waals surface area contributed by atoms with E-state index in [9.17, 15) is 0 Å². The second kappa shape index (κ2) is 6.92. The van der Waals surface area contributed by atoms with Gasteiger partial charge in [-0.05, 0) is 41.2 Å². The van der Waals surface area contributed by atoms with Crippen LogP contribution in [0.1, 0.15) is 17.4 Å². The van der Waals surface area contributed by atoms with Crippen LogP contribution in [0.4, 0.5) is 0 Å². The van der Waals surface area contributed by atoms with Gasteiger partial charge in [-0.1, -0.05) is 18.2 Å². The van der Waals surface area contributed by atoms with Gasteiger partial charge in [0, 0.05) is 18.7 Å². The summed E-state index contributed by atoms with van der Waals surface area (Å²) in [7, 11) is 3.71. The van der Waals surface area contributed by atoms with Crippen molar-refractivity contribution in [1.82, 2.24) is 4.90 Å². The number of benzene rings is 1. The minimum atomic E-state index is 0.0335. The van der Waals surface area contributed by atoms with Crippen molar-refractivity contribution in [3.8, 4) is 5.75 Å². The molecule has 5 heteroatoms. The quantitative estimate of drug-likeness (QED) is 0.878. The first-order valence-electron chi connectivity index (χ1n) is 6.43. The van der Waals surface area contributed by atoms with E-state index in [4.69, 9.17) is 14.9 Å². The molecule has 0 fully saturated rings. The lowest BCUT2D eigenvalue weighted by atomic mass is 10.1. The van der Waals surface area contributed by atoms with Gasteiger partial charge in [-0.3, -0.25) is 4.90 Å². The fraction of sp³-hybridized carbons (Fsp3) is 0.333. The molecule has 0 amide bonds. The van der Waals surface area contributed by atoms with Gasteiger partial charge in [0.05, 0.1) is 13.2 Å². The average Bonchev–Trinajstić information content (AvgIpc) is 2.86. The highest BCUT2D eigenvalue weighted by molar-refractivity contribution is 9.10. The Balaban J connectivity index is 2.15. The molecule has 0 spiro atoms. The summed E-state index contributed by atoms with van der Waals surface area (Å²) < 4.78 is 11.7. The number of furan rings is 1. The molecular formula is C15H19BrN2O2. The molecule has 2 rings (SSSR count). The second-order valence-electron chi connectivity index (χ2n) is 4.62. The minimum absolute atomic E-state index is 0.0335. The summed E-state index contributed by atoms with van der Waals surface area (Å²) in [6, 6.07) is 11.9. The Hall–Kier alpha value is -1.30. The van der Waals surface area contributed by atoms with Gasteiger partial charge in [0.15, 0.2) is 4.67 Å². The summed E-state index contributed by atoms with van der Waals surface area (Å²) in [4.78, 5) is 2.16. The van der Waals surface area contributed by atoms with E-state index >= 15 is 0 Å². The highest BCUT2D eigenvalue weighted by Gasteiger charge is 2.20. The van der Waals surface area contributed by atoms with E-state index in [-0.39, 0.29) is 6.04 Å². The molecule has 1 aromatic heterocycles. The van der Waals surface area contributed by atoms with E-state index in [1.54, 1.807) is 7.11 Å². The van der Waals surface area contributed by atoms with Crippen LogP contribution < -0.4 is 10.5 Å². The molecule has 1 atom stereocenters. The van der Waals surface area contributed by atoms with Gasteiger partial charge < -0.3 is 14.9 Å². The molecule has 0 aliphatic rings. The standard InChI is InChI=1S/C15H19BrN2O2/c1-18(10-11-5-3-4-6-13(11)19-2)12(9-17)14-7-8-15(16)20-14/h3-8,12H,9-10,17H2,1-2H3. The molecule has 1 unspecified atom stereocenters. The summed E-state index contributed by atoms with van der Waals surface area (Å²) >= 11 is 3.32. The van der Waals surface area contributed by atoms with Crippen LogP contribution in [-0.4, -0.2) is 25.6 Å². The molecule has 0 radical (unpaired) electrons. The number of para-hydroxylation sites is 1. The van der Waals surface area contributed by atoms with Gasteiger partial charge in [0.25, 0.3) is 0 Å². The lowest BCUT2D eigenvalue weighted by Gasteiger charge is -2.25. The van der Waals surface area contributed by atoms with Crippen LogP contribution in [-0.2, 0) is 6.54 Å². The Morgan fingerprint density at radius 1 is 1.30 bits per heavy atom. The third-order valence-electron chi connectivity index (χ3n) is 3.29. The molecule has 0 saturated heterocycles. The number of rotatable bonds is 6. The Kier molecular flexibility index (Phi) is 5.23. The molecule has 2 aromatic rings. The predicted molar refractivity (Wildman–Crippen MR) is 82.7 cm³/mol. The van der Waals surface area contributed by atoms with E-state index in [0.29, 0.717) is 6.54 Å². The molecule has 0 bridgehead atoms. The zero-order valence-electron chi connectivity index (χ0n) is 11.7. The summed E-state index contributed by atoms with van der Waals surface area (Å²) in [5.74, 6) is 1.74. The average molecular weight is 339 g/mol. The molecule has 1 aromatic carbocycles. The first-order valence-corrected chi connectivity index (χ1v) is 7.22. The van der Waals surface area contributed by atoms with Gasteiger partial charge in [-0.2, -0.15) is 0 Å². The Morgan fingerprint density at radius 3 is 2.65 bits per heavy atom. The predicted octanol–water partition coefficient (Wildman–Crippen LogP) is 3.18. The number of hydrogen-bond donors (Lipinski definition) is 1. The second-order valence-corrected chi connectivity index (χ2v) is 5.40. The van der Waals surface area contributed by atoms with Crippen LogP contribution in [0, 0.1) is 0 Å². The third kappa shape index (κ3) is 3.42. The van der Waals surface area contributed by atoms with Crippen molar-refractivity contribution >= 4 is 15.9 Å². The largest absolute Gasteiger partial charge is 0.496 e. The maximum atomic E-state index is 5.89. The van der Waals surface area contributed by atoms with Crippen molar-refractivity contribution in [3.63, 3.8) is 0 Å². The molecule has 4 nitrogen and oxygen atoms in total. The Labute approximate surface area is 127 Å². The maximum Gasteiger partial charge on any atom is 0.169 e. The minimum Gasteiger partial charge on any atom is -0.496 e. The lowest BCUT2D eigenvalue weighted by Crippen LogP contribution is -2.30. The number of nitrogens with zero attached hydrogens (tertiary/aromatic N) is 1. The van der Waals surface area contributed by atoms with Crippen molar-refractivity contribution in [2.24, 2.45) is 5.73 Å². The molecule has 0 aliphatic heterocycles. The SMILES string of the molecule is COc1ccccc1CN(C)C(CN)c1ccc(Br)o1. The van der Waals surface area contributed by atoms with Crippen molar-refractivity contribution in [1.29, 1.82) is 0 Å². The van der Waals surface area contributed by atoms with E-state index < -0.39 is 0 Å². The molecule has 0 saturated carbocycles. The van der Waals surface area contributed by atoms with Crippen molar-refractivity contribution in [2.45, 2.75) is 12.6 Å². The third-order valence-corrected chi connectivity index (χ3v) is 3.72. The van der Waals surface area contributed by atoms with Gasteiger partial charge in [-0.15, -0.1) is 0 Å². The van der Waals surface area contributed by atoms with Crippen LogP contribution >= 0.6 is 15.9 Å². The molecule has 1 heterocycles. The van der Waals surface area contributed by atoms with Gasteiger partial charge in [-0.25, -0.2) is 0 Å². The maximum absolute atomic E-state index is 5.89. The number of ether oxygens (including phenoxy) is 1. The number of methoxy groups -OCH3 is 1. The zero-order chi connectivity index (χ0) is 14.5. The Morgan fingerprint density at radius 2 is 2.05 bits per heavy atom. The molecule has 20 heavy (non-hydrogen) atoms. The molecule has 108 valence electrons. The van der Waals surface area contributed by atoms with Crippen molar-refractivity contribution in [2.75, 3.05) is 20.7 Å². The highest BCUT2D eigenvalue weighted by atomic mass is 79.9. The number of likely N-dealkylation sites (N-methyl/N-ethyl adjacent to an activating group) is 1. The van der Waals surface area contributed by atoms with E-state index in [2.05, 4.69) is 26.9 Å². The summed E-state index contributed by atoms with van der Waals surface area (Å²) in [5.41, 5.74) is 7.02. The molecule has 0 aliphatic carbocycles. The number of nitrogens with two attached hydrogens (primary N) is 1. The van der Waals surface area contributed by atoms with Crippen molar-refractivity contribution in [3.05, 3.63) is 52.4 Å². The summed E-state index contributed by atoms with van der Waals surface area (Å²) in [6.07, 6.45) is 0. The van der Waals surface area contributed by atoms with Crippen LogP contribution in [0.5, 0.6) is 5.75 Å². The van der Waals surface area contributed by atoms with Crippen LogP contribution in [0.15, 0.2) is 45.5 Å². The lowest BCUT2D eigenvalue weighted by molar-refractivity contribution is 0.208. The fourth-order valence-electron chi connectivity index (χ4n) is 2.23. The monoisotopic (exact) mass is 338 g/mol. The normalized spacial score (nSPS) is 12.7. The van der Waals surface area contributed by atoms with Crippen LogP contribution in [0.25, 0.3) is 0 Å². The van der Waals surface area contributed by atoms with E-state index in [1.807, 2.05) is 37.4 Å². The first-order chi connectivity index (χ1) is 9.65. The fourth-order valence-corrected chi connectivity index (χ4v) is 2.55. The topological polar surface area (TPSA) is 51.6 Å². The first kappa shape index (κ1) is 15.1. The van der Waals surface area contributed by atoms with Gasteiger partial charge in [0.1, 0.15) is 11.5 Å². The van der Waals surface area contributed by atoms with E-state index in [1.165, 1.54) is 0 Å². The van der Waals surface area contributed by atoms with Crippen LogP contribution in [0.3, 0.4) is 0 Å². The molecular weight excluding hydrogens is 320 g/mol. The summed E-state index contributed by atoms with van der Waals surface area (Å²) in [5, 5.41) is 0. The molecule has 2 N–H and O–H groups in total. The number of hydrogen-bond acceptors (Lipinski definition) is 4. The zero-order valence-corrected chi connectivity index (χ0v) is 13.3. The van der Waals surface area contributed by atoms with Gasteiger partial charge >= 0.3 is 0 Å². The van der Waals surface area contributed by atoms with Gasteiger partial charge in [0.2, 0.25) is 0 Å². The summed E-state index contributed by atoms with van der Waals surface area (Å²) in [6.45, 7) is 1.23. The van der Waals surface area contributed by atoms with Crippen LogP contribution in [0.2, 0.25) is 0 Å².